The second kappa shape index (κ2) is 7.00. The number of benzene rings is 1. The van der Waals surface area contributed by atoms with E-state index in [4.69, 9.17) is 4.74 Å². The SMILES string of the molecule is CCc1nn(C)c(OC)c1CNc1nc(C(F)F)nc2ccccc12. The van der Waals surface area contributed by atoms with E-state index in [1.165, 1.54) is 0 Å². The lowest BCUT2D eigenvalue weighted by atomic mass is 10.2. The van der Waals surface area contributed by atoms with Crippen molar-refractivity contribution in [2.45, 2.75) is 26.3 Å². The largest absolute Gasteiger partial charge is 0.481 e. The molecule has 0 atom stereocenters. The van der Waals surface area contributed by atoms with Gasteiger partial charge in [0.25, 0.3) is 6.43 Å². The van der Waals surface area contributed by atoms with Crippen LogP contribution in [0.25, 0.3) is 10.9 Å². The molecule has 0 spiro atoms. The number of methoxy groups -OCH3 is 1. The fourth-order valence-electron chi connectivity index (χ4n) is 2.82. The number of halogens is 2. The third kappa shape index (κ3) is 3.24. The second-order valence-corrected chi connectivity index (χ2v) is 5.51. The first-order valence-electron chi connectivity index (χ1n) is 7.92. The molecule has 0 bridgehead atoms. The Kier molecular flexibility index (Phi) is 4.78. The molecule has 0 aliphatic carbocycles. The Morgan fingerprint density at radius 2 is 2.00 bits per heavy atom. The van der Waals surface area contributed by atoms with Gasteiger partial charge in [0.2, 0.25) is 5.88 Å². The van der Waals surface area contributed by atoms with Crippen LogP contribution in [-0.2, 0) is 20.0 Å². The average Bonchev–Trinajstić information content (AvgIpc) is 2.93. The summed E-state index contributed by atoms with van der Waals surface area (Å²) < 4.78 is 33.3. The van der Waals surface area contributed by atoms with Gasteiger partial charge >= 0.3 is 0 Å². The summed E-state index contributed by atoms with van der Waals surface area (Å²) in [6, 6.07) is 7.07. The van der Waals surface area contributed by atoms with Gasteiger partial charge in [-0.05, 0) is 18.6 Å². The number of hydrogen-bond donors (Lipinski definition) is 1. The average molecular weight is 347 g/mol. The van der Waals surface area contributed by atoms with Gasteiger partial charge in [-0.2, -0.15) is 5.10 Å². The molecule has 0 amide bonds. The highest BCUT2D eigenvalue weighted by Crippen LogP contribution is 2.27. The maximum Gasteiger partial charge on any atom is 0.297 e. The van der Waals surface area contributed by atoms with E-state index < -0.39 is 12.2 Å². The maximum absolute atomic E-state index is 13.1. The van der Waals surface area contributed by atoms with E-state index in [1.807, 2.05) is 13.0 Å². The van der Waals surface area contributed by atoms with Crippen molar-refractivity contribution in [1.82, 2.24) is 19.7 Å². The van der Waals surface area contributed by atoms with Crippen LogP contribution in [0, 0.1) is 0 Å². The van der Waals surface area contributed by atoms with Crippen molar-refractivity contribution in [1.29, 1.82) is 0 Å². The molecule has 8 heteroatoms. The van der Waals surface area contributed by atoms with Crippen LogP contribution in [-0.4, -0.2) is 26.9 Å². The standard InChI is InChI=1S/C17H19F2N5O/c1-4-12-11(17(25-3)24(2)23-12)9-20-15-10-7-5-6-8-13(10)21-16(22-15)14(18)19/h5-8,14H,4,9H2,1-3H3,(H,20,21,22). The first-order valence-corrected chi connectivity index (χ1v) is 7.92. The van der Waals surface area contributed by atoms with Crippen LogP contribution in [0.3, 0.4) is 0 Å². The fourth-order valence-corrected chi connectivity index (χ4v) is 2.82. The maximum atomic E-state index is 13.1. The molecule has 1 N–H and O–H groups in total. The van der Waals surface area contributed by atoms with Crippen molar-refractivity contribution in [2.75, 3.05) is 12.4 Å². The minimum absolute atomic E-state index is 0.365. The molecule has 1 aromatic carbocycles. The first kappa shape index (κ1) is 17.1. The number of anilines is 1. The molecule has 6 nitrogen and oxygen atoms in total. The van der Waals surface area contributed by atoms with Gasteiger partial charge in [0.1, 0.15) is 5.82 Å². The van der Waals surface area contributed by atoms with Crippen LogP contribution >= 0.6 is 0 Å². The summed E-state index contributed by atoms with van der Waals surface area (Å²) in [4.78, 5) is 7.91. The summed E-state index contributed by atoms with van der Waals surface area (Å²) >= 11 is 0. The van der Waals surface area contributed by atoms with Crippen LogP contribution in [0.5, 0.6) is 5.88 Å². The number of hydrogen-bond acceptors (Lipinski definition) is 5. The van der Waals surface area contributed by atoms with E-state index in [9.17, 15) is 8.78 Å². The van der Waals surface area contributed by atoms with Crippen molar-refractivity contribution in [3.8, 4) is 5.88 Å². The molecule has 3 aromatic rings. The minimum Gasteiger partial charge on any atom is -0.481 e. The Hall–Kier alpha value is -2.77. The Morgan fingerprint density at radius 1 is 1.24 bits per heavy atom. The second-order valence-electron chi connectivity index (χ2n) is 5.51. The van der Waals surface area contributed by atoms with Crippen LogP contribution in [0.2, 0.25) is 0 Å². The number of aryl methyl sites for hydroxylation is 2. The Balaban J connectivity index is 1.99. The quantitative estimate of drug-likeness (QED) is 0.739. The molecule has 0 unspecified atom stereocenters. The molecule has 0 saturated heterocycles. The molecule has 0 radical (unpaired) electrons. The first-order chi connectivity index (χ1) is 12.0. The Bertz CT molecular complexity index is 894. The molecule has 25 heavy (non-hydrogen) atoms. The third-order valence-electron chi connectivity index (χ3n) is 3.95. The van der Waals surface area contributed by atoms with Gasteiger partial charge in [-0.15, -0.1) is 0 Å². The zero-order valence-corrected chi connectivity index (χ0v) is 14.3. The van der Waals surface area contributed by atoms with Crippen molar-refractivity contribution in [3.05, 3.63) is 41.3 Å². The number of rotatable bonds is 6. The topological polar surface area (TPSA) is 64.9 Å². The van der Waals surface area contributed by atoms with Gasteiger partial charge in [0, 0.05) is 19.0 Å². The predicted octanol–water partition coefficient (Wildman–Crippen LogP) is 3.48. The monoisotopic (exact) mass is 347 g/mol. The Labute approximate surface area is 143 Å². The molecule has 2 aromatic heterocycles. The molecular formula is C17H19F2N5O. The van der Waals surface area contributed by atoms with E-state index in [2.05, 4.69) is 20.4 Å². The summed E-state index contributed by atoms with van der Waals surface area (Å²) in [6.07, 6.45) is -2.00. The van der Waals surface area contributed by atoms with E-state index >= 15 is 0 Å². The fraction of sp³-hybridized carbons (Fsp3) is 0.353. The number of ether oxygens (including phenoxy) is 1. The highest BCUT2D eigenvalue weighted by Gasteiger charge is 2.18. The van der Waals surface area contributed by atoms with Crippen molar-refractivity contribution in [3.63, 3.8) is 0 Å². The minimum atomic E-state index is -2.73. The van der Waals surface area contributed by atoms with Crippen molar-refractivity contribution >= 4 is 16.7 Å². The number of aromatic nitrogens is 4. The molecule has 2 heterocycles. The van der Waals surface area contributed by atoms with Gasteiger partial charge in [0.05, 0.1) is 23.9 Å². The number of nitrogens with one attached hydrogen (secondary N) is 1. The summed E-state index contributed by atoms with van der Waals surface area (Å²) in [7, 11) is 3.38. The summed E-state index contributed by atoms with van der Waals surface area (Å²) in [6.45, 7) is 2.37. The zero-order chi connectivity index (χ0) is 18.0. The molecule has 0 fully saturated rings. The molecule has 0 aliphatic rings. The third-order valence-corrected chi connectivity index (χ3v) is 3.95. The zero-order valence-electron chi connectivity index (χ0n) is 14.3. The highest BCUT2D eigenvalue weighted by molar-refractivity contribution is 5.89. The molecule has 3 rings (SSSR count). The van der Waals surface area contributed by atoms with Gasteiger partial charge in [-0.3, -0.25) is 0 Å². The van der Waals surface area contributed by atoms with E-state index in [-0.39, 0.29) is 0 Å². The molecule has 0 aliphatic heterocycles. The van der Waals surface area contributed by atoms with Gasteiger partial charge in [-0.25, -0.2) is 23.4 Å². The number of fused-ring (bicyclic) bond motifs is 1. The van der Waals surface area contributed by atoms with E-state index in [1.54, 1.807) is 37.0 Å². The smallest absolute Gasteiger partial charge is 0.297 e. The Morgan fingerprint density at radius 3 is 2.68 bits per heavy atom. The number of alkyl halides is 2. The van der Waals surface area contributed by atoms with Crippen molar-refractivity contribution < 1.29 is 13.5 Å². The lowest BCUT2D eigenvalue weighted by Crippen LogP contribution is -2.08. The summed E-state index contributed by atoms with van der Waals surface area (Å²) in [5.41, 5.74) is 2.25. The van der Waals surface area contributed by atoms with Crippen LogP contribution in [0.1, 0.15) is 30.4 Å². The highest BCUT2D eigenvalue weighted by atomic mass is 19.3. The molecular weight excluding hydrogens is 328 g/mol. The summed E-state index contributed by atoms with van der Waals surface area (Å²) in [5.74, 6) is 0.515. The van der Waals surface area contributed by atoms with Crippen LogP contribution in [0.4, 0.5) is 14.6 Å². The van der Waals surface area contributed by atoms with Gasteiger partial charge in [-0.1, -0.05) is 19.1 Å². The van der Waals surface area contributed by atoms with Gasteiger partial charge < -0.3 is 10.1 Å². The van der Waals surface area contributed by atoms with Gasteiger partial charge in [0.15, 0.2) is 5.82 Å². The molecule has 0 saturated carbocycles. The molecule has 132 valence electrons. The summed E-state index contributed by atoms with van der Waals surface area (Å²) in [5, 5.41) is 8.25. The van der Waals surface area contributed by atoms with E-state index in [0.29, 0.717) is 29.1 Å². The number of para-hydroxylation sites is 1. The lowest BCUT2D eigenvalue weighted by Gasteiger charge is -2.11. The predicted molar refractivity (Wildman–Crippen MR) is 91.0 cm³/mol. The normalized spacial score (nSPS) is 11.3. The number of nitrogens with zero attached hydrogens (tertiary/aromatic N) is 4. The van der Waals surface area contributed by atoms with Crippen LogP contribution in [0.15, 0.2) is 24.3 Å². The van der Waals surface area contributed by atoms with E-state index in [0.717, 1.165) is 17.7 Å². The van der Waals surface area contributed by atoms with Crippen LogP contribution < -0.4 is 10.1 Å². The van der Waals surface area contributed by atoms with Crippen molar-refractivity contribution in [2.24, 2.45) is 7.05 Å². The lowest BCUT2D eigenvalue weighted by molar-refractivity contribution is 0.141.